The van der Waals surface area contributed by atoms with Gasteiger partial charge in [-0.2, -0.15) is 0 Å². The van der Waals surface area contributed by atoms with E-state index in [0.29, 0.717) is 0 Å². The van der Waals surface area contributed by atoms with Crippen LogP contribution in [0.15, 0.2) is 0 Å². The Kier molecular flexibility index (Phi) is 36.0. The van der Waals surface area contributed by atoms with E-state index in [0.717, 1.165) is 38.3 Å². The summed E-state index contributed by atoms with van der Waals surface area (Å²) in [6, 6.07) is 0. The van der Waals surface area contributed by atoms with Gasteiger partial charge in [-0.15, -0.1) is 0 Å². The molecule has 1 saturated carbocycles. The fourth-order valence-corrected chi connectivity index (χ4v) is 7.57. The van der Waals surface area contributed by atoms with Gasteiger partial charge in [0.15, 0.2) is 0 Å². The van der Waals surface area contributed by atoms with Gasteiger partial charge in [0.2, 0.25) is 0 Å². The zero-order valence-corrected chi connectivity index (χ0v) is 32.3. The molecule has 0 aromatic carbocycles. The maximum Gasteiger partial charge on any atom is 0.0494 e. The summed E-state index contributed by atoms with van der Waals surface area (Å²) in [6.07, 6.45) is 51.3. The van der Waals surface area contributed by atoms with Crippen molar-refractivity contribution in [1.82, 2.24) is 0 Å². The summed E-state index contributed by atoms with van der Waals surface area (Å²) < 4.78 is 12.2. The van der Waals surface area contributed by atoms with Crippen LogP contribution < -0.4 is 0 Å². The van der Waals surface area contributed by atoms with E-state index >= 15 is 0 Å². The van der Waals surface area contributed by atoms with Crippen LogP contribution in [0.3, 0.4) is 0 Å². The van der Waals surface area contributed by atoms with Crippen LogP contribution in [-0.4, -0.2) is 26.4 Å². The summed E-state index contributed by atoms with van der Waals surface area (Å²) in [6.45, 7) is 8.59. The van der Waals surface area contributed by atoms with Crippen molar-refractivity contribution >= 4 is 0 Å². The van der Waals surface area contributed by atoms with Crippen molar-refractivity contribution in [1.29, 1.82) is 0 Å². The van der Waals surface area contributed by atoms with E-state index in [2.05, 4.69) is 13.8 Å². The summed E-state index contributed by atoms with van der Waals surface area (Å²) in [5.41, 5.74) is 0. The van der Waals surface area contributed by atoms with Crippen LogP contribution in [0.25, 0.3) is 0 Å². The van der Waals surface area contributed by atoms with Crippen molar-refractivity contribution < 1.29 is 9.47 Å². The zero-order valence-electron chi connectivity index (χ0n) is 32.3. The van der Waals surface area contributed by atoms with Gasteiger partial charge < -0.3 is 9.47 Å². The van der Waals surface area contributed by atoms with Crippen molar-refractivity contribution in [3.8, 4) is 0 Å². The average Bonchev–Trinajstić information content (AvgIpc) is 3.07. The molecule has 0 aromatic rings. The molecule has 0 aliphatic heterocycles. The van der Waals surface area contributed by atoms with Gasteiger partial charge in [-0.1, -0.05) is 206 Å². The van der Waals surface area contributed by atoms with Gasteiger partial charge >= 0.3 is 0 Å². The van der Waals surface area contributed by atoms with Crippen molar-refractivity contribution in [2.45, 2.75) is 245 Å². The molecule has 1 fully saturated rings. The highest BCUT2D eigenvalue weighted by atomic mass is 16.5. The third-order valence-electron chi connectivity index (χ3n) is 11.0. The molecule has 2 heteroatoms. The second-order valence-corrected chi connectivity index (χ2v) is 15.6. The van der Waals surface area contributed by atoms with Crippen molar-refractivity contribution in [2.75, 3.05) is 26.4 Å². The highest BCUT2D eigenvalue weighted by Gasteiger charge is 2.21. The maximum absolute atomic E-state index is 6.10. The highest BCUT2D eigenvalue weighted by Crippen LogP contribution is 2.29. The normalized spacial score (nSPS) is 16.8. The number of unbranched alkanes of at least 4 members (excludes halogenated alkanes) is 30. The van der Waals surface area contributed by atoms with Gasteiger partial charge in [0.1, 0.15) is 0 Å². The predicted octanol–water partition coefficient (Wildman–Crippen LogP) is 15.3. The minimum Gasteiger partial charge on any atom is -0.381 e. The molecule has 0 heterocycles. The fourth-order valence-electron chi connectivity index (χ4n) is 7.57. The molecule has 0 saturated heterocycles. The molecule has 276 valence electrons. The topological polar surface area (TPSA) is 18.5 Å². The summed E-state index contributed by atoms with van der Waals surface area (Å²) in [7, 11) is 0. The van der Waals surface area contributed by atoms with E-state index in [4.69, 9.17) is 9.47 Å². The third kappa shape index (κ3) is 32.5. The van der Waals surface area contributed by atoms with Crippen LogP contribution in [0, 0.1) is 11.8 Å². The smallest absolute Gasteiger partial charge is 0.0494 e. The van der Waals surface area contributed by atoms with Gasteiger partial charge in [-0.3, -0.25) is 0 Å². The average molecular weight is 649 g/mol. The predicted molar refractivity (Wildman–Crippen MR) is 206 cm³/mol. The Morgan fingerprint density at radius 3 is 0.696 bits per heavy atom. The Hall–Kier alpha value is -0.0800. The lowest BCUT2D eigenvalue weighted by Crippen LogP contribution is -2.22. The molecule has 0 radical (unpaired) electrons. The lowest BCUT2D eigenvalue weighted by atomic mass is 9.83. The molecular weight excluding hydrogens is 560 g/mol. The van der Waals surface area contributed by atoms with Crippen molar-refractivity contribution in [3.05, 3.63) is 0 Å². The molecule has 2 nitrogen and oxygen atoms in total. The lowest BCUT2D eigenvalue weighted by molar-refractivity contribution is 0.0477. The number of rotatable bonds is 38. The number of hydrogen-bond acceptors (Lipinski definition) is 2. The summed E-state index contributed by atoms with van der Waals surface area (Å²) in [5, 5.41) is 0. The third-order valence-corrected chi connectivity index (χ3v) is 11.0. The first-order chi connectivity index (χ1) is 22.9. The molecule has 46 heavy (non-hydrogen) atoms. The summed E-state index contributed by atoms with van der Waals surface area (Å²) in [4.78, 5) is 0. The maximum atomic E-state index is 6.10. The second-order valence-electron chi connectivity index (χ2n) is 15.6. The number of ether oxygens (including phenoxy) is 2. The molecule has 0 atom stereocenters. The molecular formula is C44H88O2. The molecule has 0 amide bonds. The second kappa shape index (κ2) is 37.7. The van der Waals surface area contributed by atoms with E-state index in [1.807, 2.05) is 0 Å². The highest BCUT2D eigenvalue weighted by molar-refractivity contribution is 4.72. The van der Waals surface area contributed by atoms with Crippen molar-refractivity contribution in [2.24, 2.45) is 11.8 Å². The van der Waals surface area contributed by atoms with E-state index in [1.165, 1.54) is 231 Å². The van der Waals surface area contributed by atoms with Gasteiger partial charge in [0.05, 0.1) is 0 Å². The van der Waals surface area contributed by atoms with Gasteiger partial charge in [0.25, 0.3) is 0 Å². The van der Waals surface area contributed by atoms with Crippen LogP contribution >= 0.6 is 0 Å². The van der Waals surface area contributed by atoms with Crippen LogP contribution in [0.2, 0.25) is 0 Å². The Bertz CT molecular complexity index is 492. The van der Waals surface area contributed by atoms with E-state index in [1.54, 1.807) is 0 Å². The first-order valence-electron chi connectivity index (χ1n) is 22.0. The van der Waals surface area contributed by atoms with Gasteiger partial charge in [-0.25, -0.2) is 0 Å². The van der Waals surface area contributed by atoms with Gasteiger partial charge in [0, 0.05) is 26.4 Å². The first kappa shape index (κ1) is 43.9. The Labute approximate surface area is 292 Å². The molecule has 0 unspecified atom stereocenters. The van der Waals surface area contributed by atoms with E-state index < -0.39 is 0 Å². The fraction of sp³-hybridized carbons (Fsp3) is 1.00. The van der Waals surface area contributed by atoms with Crippen LogP contribution in [-0.2, 0) is 9.47 Å². The molecule has 0 aromatic heterocycles. The summed E-state index contributed by atoms with van der Waals surface area (Å²) >= 11 is 0. The SMILES string of the molecule is CCCCCCCCCCCCCCCCCCOCC1CCC(COCCCCCCCCCCCCCCCCCC)CC1. The Balaban J connectivity index is 1.71. The first-order valence-corrected chi connectivity index (χ1v) is 22.0. The number of hydrogen-bond donors (Lipinski definition) is 0. The lowest BCUT2D eigenvalue weighted by Gasteiger charge is -2.28. The zero-order chi connectivity index (χ0) is 32.9. The molecule has 1 aliphatic carbocycles. The largest absolute Gasteiger partial charge is 0.381 e. The Morgan fingerprint density at radius 2 is 0.478 bits per heavy atom. The Morgan fingerprint density at radius 1 is 0.283 bits per heavy atom. The summed E-state index contributed by atoms with van der Waals surface area (Å²) in [5.74, 6) is 1.61. The molecule has 1 rings (SSSR count). The molecule has 1 aliphatic rings. The molecule has 0 N–H and O–H groups in total. The van der Waals surface area contributed by atoms with Gasteiger partial charge in [-0.05, 0) is 50.4 Å². The monoisotopic (exact) mass is 649 g/mol. The minimum atomic E-state index is 0.803. The van der Waals surface area contributed by atoms with Crippen molar-refractivity contribution in [3.63, 3.8) is 0 Å². The van der Waals surface area contributed by atoms with Crippen LogP contribution in [0.5, 0.6) is 0 Å². The quantitative estimate of drug-likeness (QED) is 0.0620. The minimum absolute atomic E-state index is 0.803. The van der Waals surface area contributed by atoms with Crippen LogP contribution in [0.4, 0.5) is 0 Å². The molecule has 0 spiro atoms. The molecule has 0 bridgehead atoms. The van der Waals surface area contributed by atoms with Crippen LogP contribution in [0.1, 0.15) is 245 Å². The van der Waals surface area contributed by atoms with E-state index in [-0.39, 0.29) is 0 Å². The standard InChI is InChI=1S/C44H88O2/c1-3-5-7-9-11-13-15-17-19-21-23-25-27-29-31-33-39-45-41-43-35-37-44(38-36-43)42-46-40-34-32-30-28-26-24-22-20-18-16-14-12-10-8-6-4-2/h43-44H,3-42H2,1-2H3. The van der Waals surface area contributed by atoms with E-state index in [9.17, 15) is 0 Å².